The van der Waals surface area contributed by atoms with Crippen LogP contribution in [0.4, 0.5) is 28.9 Å². The molecule has 2 aliphatic rings. The molecule has 0 fully saturated rings. The third kappa shape index (κ3) is 4.99. The lowest BCUT2D eigenvalue weighted by Gasteiger charge is -2.25. The first-order chi connectivity index (χ1) is 18.1. The van der Waals surface area contributed by atoms with Crippen LogP contribution in [0.2, 0.25) is 0 Å². The number of aryl methyl sites for hydroxylation is 2. The van der Waals surface area contributed by atoms with Crippen molar-refractivity contribution < 1.29 is 17.6 Å². The molecule has 0 saturated carbocycles. The summed E-state index contributed by atoms with van der Waals surface area (Å²) in [7, 11) is 0. The van der Waals surface area contributed by atoms with Crippen molar-refractivity contribution in [3.8, 4) is 0 Å². The van der Waals surface area contributed by atoms with Gasteiger partial charge in [0.2, 0.25) is 5.11 Å². The number of rotatable bonds is 3. The van der Waals surface area contributed by atoms with E-state index in [9.17, 15) is 17.6 Å². The summed E-state index contributed by atoms with van der Waals surface area (Å²) < 4.78 is 53.4. The second-order valence-electron chi connectivity index (χ2n) is 8.89. The zero-order valence-electron chi connectivity index (χ0n) is 20.3. The van der Waals surface area contributed by atoms with Crippen LogP contribution in [-0.4, -0.2) is 17.5 Å². The molecule has 10 heteroatoms. The first-order valence-corrected chi connectivity index (χ1v) is 12.0. The summed E-state index contributed by atoms with van der Waals surface area (Å²) in [5, 5.41) is 13.1. The van der Waals surface area contributed by atoms with Crippen LogP contribution in [-0.2, 0) is 6.18 Å². The van der Waals surface area contributed by atoms with Gasteiger partial charge < -0.3 is 10.2 Å². The largest absolute Gasteiger partial charge is 0.416 e. The molecule has 1 unspecified atom stereocenters. The van der Waals surface area contributed by atoms with Crippen LogP contribution in [0.25, 0.3) is 18.0 Å². The van der Waals surface area contributed by atoms with E-state index in [1.165, 1.54) is 11.2 Å². The Morgan fingerprint density at radius 1 is 1.08 bits per heavy atom. The molecular formula is C28H21F4N5S. The molecule has 0 amide bonds. The van der Waals surface area contributed by atoms with E-state index >= 15 is 0 Å². The first-order valence-electron chi connectivity index (χ1n) is 11.6. The number of hydrogen-bond acceptors (Lipinski definition) is 4. The van der Waals surface area contributed by atoms with Crippen LogP contribution in [0.1, 0.15) is 22.3 Å². The first kappa shape index (κ1) is 25.5. The topological polar surface area (TPSA) is 52.4 Å². The van der Waals surface area contributed by atoms with Gasteiger partial charge in [-0.05, 0) is 72.2 Å². The standard InChI is InChI=1S/C28H21F4N5S/c1-16-4-3-5-17(2)25(16)35-27(38)36-34-14-18-6-9-21-19(12-18)7-10-24-26(21)33-15-37(24)23-11-8-20(13-22(23)29)28(30,31)32/h3-15,24H,1-2H3,(H,35,38)/b18-14+,36-34?. The quantitative estimate of drug-likeness (QED) is 0.251. The Bertz CT molecular complexity index is 1640. The molecule has 0 bridgehead atoms. The van der Waals surface area contributed by atoms with Gasteiger partial charge in [-0.3, -0.25) is 0 Å². The number of hydrogen-bond donors (Lipinski definition) is 1. The number of azo groups is 1. The molecule has 5 nitrogen and oxygen atoms in total. The highest BCUT2D eigenvalue weighted by molar-refractivity contribution is 7.80. The number of nitrogens with one attached hydrogen (secondary N) is 1. The third-order valence-electron chi connectivity index (χ3n) is 6.33. The fraction of sp³-hybridized carbons (Fsp3) is 0.143. The molecular weight excluding hydrogens is 514 g/mol. The molecule has 5 rings (SSSR count). The average Bonchev–Trinajstić information content (AvgIpc) is 3.30. The summed E-state index contributed by atoms with van der Waals surface area (Å²) in [5.41, 5.74) is 3.55. The smallest absolute Gasteiger partial charge is 0.329 e. The molecule has 0 saturated heterocycles. The average molecular weight is 536 g/mol. The van der Waals surface area contributed by atoms with E-state index in [0.29, 0.717) is 11.8 Å². The molecule has 1 aliphatic heterocycles. The lowest BCUT2D eigenvalue weighted by molar-refractivity contribution is -0.137. The number of aliphatic imine (C=N–C) groups is 1. The van der Waals surface area contributed by atoms with Gasteiger partial charge in [0.15, 0.2) is 0 Å². The number of para-hydroxylation sites is 1. The maximum Gasteiger partial charge on any atom is 0.416 e. The molecule has 3 aromatic rings. The number of benzene rings is 3. The van der Waals surface area contributed by atoms with E-state index in [2.05, 4.69) is 20.5 Å². The Morgan fingerprint density at radius 3 is 2.55 bits per heavy atom. The van der Waals surface area contributed by atoms with E-state index < -0.39 is 23.6 Å². The van der Waals surface area contributed by atoms with Crippen LogP contribution < -0.4 is 20.7 Å². The molecule has 0 radical (unpaired) electrons. The van der Waals surface area contributed by atoms with Crippen LogP contribution in [0.3, 0.4) is 0 Å². The molecule has 1 aliphatic carbocycles. The maximum absolute atomic E-state index is 14.6. The van der Waals surface area contributed by atoms with Crippen molar-refractivity contribution in [3.05, 3.63) is 99.2 Å². The van der Waals surface area contributed by atoms with Crippen molar-refractivity contribution in [2.24, 2.45) is 15.2 Å². The fourth-order valence-corrected chi connectivity index (χ4v) is 4.59. The highest BCUT2D eigenvalue weighted by Gasteiger charge is 2.33. The number of alkyl halides is 3. The van der Waals surface area contributed by atoms with Gasteiger partial charge in [-0.1, -0.05) is 42.5 Å². The number of nitrogens with zero attached hydrogens (tertiary/aromatic N) is 4. The van der Waals surface area contributed by atoms with E-state index in [4.69, 9.17) is 12.2 Å². The van der Waals surface area contributed by atoms with Gasteiger partial charge in [-0.25, -0.2) is 9.38 Å². The highest BCUT2D eigenvalue weighted by Crippen LogP contribution is 2.35. The van der Waals surface area contributed by atoms with Crippen LogP contribution in [0.15, 0.2) is 75.9 Å². The lowest BCUT2D eigenvalue weighted by atomic mass is 9.98. The minimum Gasteiger partial charge on any atom is -0.329 e. The summed E-state index contributed by atoms with van der Waals surface area (Å²) in [5.74, 6) is -0.966. The van der Waals surface area contributed by atoms with Crippen molar-refractivity contribution in [3.63, 3.8) is 0 Å². The predicted octanol–water partition coefficient (Wildman–Crippen LogP) is 6.10. The molecule has 1 N–H and O–H groups in total. The number of thiocarbonyl (C=S) groups is 1. The zero-order valence-corrected chi connectivity index (χ0v) is 21.1. The van der Waals surface area contributed by atoms with Crippen molar-refractivity contribution in [1.82, 2.24) is 0 Å². The Kier molecular flexibility index (Phi) is 6.66. The van der Waals surface area contributed by atoms with Gasteiger partial charge in [0.05, 0.1) is 35.5 Å². The van der Waals surface area contributed by atoms with Crippen molar-refractivity contribution >= 4 is 53.0 Å². The minimum absolute atomic E-state index is 0.0192. The van der Waals surface area contributed by atoms with E-state index in [1.807, 2.05) is 62.4 Å². The summed E-state index contributed by atoms with van der Waals surface area (Å²) >= 11 is 5.30. The number of anilines is 2. The van der Waals surface area contributed by atoms with Gasteiger partial charge >= 0.3 is 6.18 Å². The van der Waals surface area contributed by atoms with Crippen molar-refractivity contribution in [2.45, 2.75) is 26.1 Å². The van der Waals surface area contributed by atoms with Crippen LogP contribution in [0.5, 0.6) is 0 Å². The molecule has 3 aromatic carbocycles. The Balaban J connectivity index is 1.36. The zero-order chi connectivity index (χ0) is 27.0. The predicted molar refractivity (Wildman–Crippen MR) is 146 cm³/mol. The Hall–Kier alpha value is -4.18. The monoisotopic (exact) mass is 535 g/mol. The second-order valence-corrected chi connectivity index (χ2v) is 9.28. The fourth-order valence-electron chi connectivity index (χ4n) is 4.44. The summed E-state index contributed by atoms with van der Waals surface area (Å²) in [6, 6.07) is 13.6. The van der Waals surface area contributed by atoms with E-state index in [0.717, 1.165) is 44.9 Å². The summed E-state index contributed by atoms with van der Waals surface area (Å²) in [6.45, 7) is 3.97. The highest BCUT2D eigenvalue weighted by atomic mass is 32.1. The maximum atomic E-state index is 14.6. The van der Waals surface area contributed by atoms with Crippen LogP contribution in [0, 0.1) is 19.7 Å². The van der Waals surface area contributed by atoms with Gasteiger partial charge in [-0.2, -0.15) is 18.3 Å². The lowest BCUT2D eigenvalue weighted by Crippen LogP contribution is -2.33. The molecule has 1 atom stereocenters. The molecule has 38 heavy (non-hydrogen) atoms. The summed E-state index contributed by atoms with van der Waals surface area (Å²) in [4.78, 5) is 5.95. The van der Waals surface area contributed by atoms with E-state index in [-0.39, 0.29) is 10.8 Å². The van der Waals surface area contributed by atoms with Gasteiger partial charge in [0.1, 0.15) is 5.82 Å². The second kappa shape index (κ2) is 9.94. The van der Waals surface area contributed by atoms with Gasteiger partial charge in [0, 0.05) is 10.9 Å². The van der Waals surface area contributed by atoms with Gasteiger partial charge in [0.25, 0.3) is 0 Å². The van der Waals surface area contributed by atoms with Crippen molar-refractivity contribution in [1.29, 1.82) is 0 Å². The minimum atomic E-state index is -4.62. The normalized spacial score (nSPS) is 16.8. The van der Waals surface area contributed by atoms with Gasteiger partial charge in [-0.15, -0.1) is 5.11 Å². The molecule has 192 valence electrons. The van der Waals surface area contributed by atoms with Crippen molar-refractivity contribution in [2.75, 3.05) is 10.2 Å². The molecule has 0 spiro atoms. The third-order valence-corrected chi connectivity index (χ3v) is 6.52. The Labute approximate surface area is 221 Å². The SMILES string of the molecule is Cc1cccc(C)c1NC(=S)N=N/C=c1\ccc2c(c1)C=CC1C=2N=CN1c1ccc(C(F)(F)F)cc1F. The number of halogens is 4. The van der Waals surface area contributed by atoms with Crippen LogP contribution >= 0.6 is 12.2 Å². The molecule has 0 aromatic heterocycles. The Morgan fingerprint density at radius 2 is 1.84 bits per heavy atom. The molecule has 1 heterocycles. The number of fused-ring (bicyclic) bond motifs is 2. The summed E-state index contributed by atoms with van der Waals surface area (Å²) in [6.07, 6.45) is 2.11. The van der Waals surface area contributed by atoms with E-state index in [1.54, 1.807) is 6.20 Å².